The number of ether oxygens (including phenoxy) is 1. The monoisotopic (exact) mass is 348 g/mol. The zero-order valence-electron chi connectivity index (χ0n) is 12.5. The van der Waals surface area contributed by atoms with E-state index >= 15 is 0 Å². The van der Waals surface area contributed by atoms with E-state index in [0.717, 1.165) is 19.5 Å². The van der Waals surface area contributed by atoms with Gasteiger partial charge in [-0.05, 0) is 43.6 Å². The molecule has 1 aliphatic heterocycles. The Balaban J connectivity index is 0.00000242. The molecule has 2 rings (SSSR count). The summed E-state index contributed by atoms with van der Waals surface area (Å²) in [5.74, 6) is -0.334. The molecule has 2 atom stereocenters. The van der Waals surface area contributed by atoms with Gasteiger partial charge < -0.3 is 10.1 Å². The van der Waals surface area contributed by atoms with Gasteiger partial charge in [-0.3, -0.25) is 0 Å². The molecule has 1 aliphatic rings. The molecule has 1 saturated heterocycles. The standard InChI is InChI=1S/C14H20N2O4S.ClH/c1-10-9-15-7-6-13(10)16-21(18,19)12-5-3-4-11(8-12)14(17)20-2;/h3-5,8,10,13,15-16H,6-7,9H2,1-2H3;1H. The molecule has 124 valence electrons. The van der Waals surface area contributed by atoms with Crippen molar-refractivity contribution in [1.82, 2.24) is 10.0 Å². The van der Waals surface area contributed by atoms with Crippen LogP contribution in [-0.4, -0.2) is 40.6 Å². The van der Waals surface area contributed by atoms with Crippen molar-refractivity contribution in [3.05, 3.63) is 29.8 Å². The molecule has 2 unspecified atom stereocenters. The molecule has 2 N–H and O–H groups in total. The highest BCUT2D eigenvalue weighted by Gasteiger charge is 2.27. The maximum absolute atomic E-state index is 12.4. The SMILES string of the molecule is COC(=O)c1cccc(S(=O)(=O)NC2CCNCC2C)c1.Cl. The fourth-order valence-corrected chi connectivity index (χ4v) is 3.79. The van der Waals surface area contributed by atoms with Crippen molar-refractivity contribution in [2.75, 3.05) is 20.2 Å². The van der Waals surface area contributed by atoms with Crippen molar-refractivity contribution in [2.24, 2.45) is 5.92 Å². The van der Waals surface area contributed by atoms with Crippen LogP contribution in [0.3, 0.4) is 0 Å². The minimum absolute atomic E-state index is 0. The highest BCUT2D eigenvalue weighted by atomic mass is 35.5. The molecule has 22 heavy (non-hydrogen) atoms. The molecule has 0 bridgehead atoms. The van der Waals surface area contributed by atoms with Crippen LogP contribution in [0.2, 0.25) is 0 Å². The fraction of sp³-hybridized carbons (Fsp3) is 0.500. The summed E-state index contributed by atoms with van der Waals surface area (Å²) in [6.45, 7) is 3.58. The van der Waals surface area contributed by atoms with Crippen LogP contribution >= 0.6 is 12.4 Å². The lowest BCUT2D eigenvalue weighted by atomic mass is 9.97. The largest absolute Gasteiger partial charge is 0.465 e. The summed E-state index contributed by atoms with van der Waals surface area (Å²) in [4.78, 5) is 11.6. The molecule has 8 heteroatoms. The Morgan fingerprint density at radius 2 is 2.14 bits per heavy atom. The van der Waals surface area contributed by atoms with Crippen molar-refractivity contribution < 1.29 is 17.9 Å². The van der Waals surface area contributed by atoms with Crippen molar-refractivity contribution >= 4 is 28.4 Å². The van der Waals surface area contributed by atoms with Crippen LogP contribution in [0.5, 0.6) is 0 Å². The Kier molecular flexibility index (Phi) is 6.80. The van der Waals surface area contributed by atoms with Crippen molar-refractivity contribution in [1.29, 1.82) is 0 Å². The molecule has 1 fully saturated rings. The van der Waals surface area contributed by atoms with E-state index in [9.17, 15) is 13.2 Å². The van der Waals surface area contributed by atoms with Gasteiger partial charge in [0.2, 0.25) is 10.0 Å². The highest BCUT2D eigenvalue weighted by Crippen LogP contribution is 2.17. The number of nitrogens with one attached hydrogen (secondary N) is 2. The van der Waals surface area contributed by atoms with Gasteiger partial charge in [-0.25, -0.2) is 17.9 Å². The summed E-state index contributed by atoms with van der Waals surface area (Å²) in [6.07, 6.45) is 0.747. The van der Waals surface area contributed by atoms with Crippen LogP contribution < -0.4 is 10.0 Å². The van der Waals surface area contributed by atoms with Crippen LogP contribution in [-0.2, 0) is 14.8 Å². The van der Waals surface area contributed by atoms with Gasteiger partial charge >= 0.3 is 5.97 Å². The van der Waals surface area contributed by atoms with Gasteiger partial charge in [0.05, 0.1) is 17.6 Å². The summed E-state index contributed by atoms with van der Waals surface area (Å²) in [7, 11) is -2.38. The molecule has 1 heterocycles. The zero-order valence-corrected chi connectivity index (χ0v) is 14.2. The van der Waals surface area contributed by atoms with Crippen molar-refractivity contribution in [2.45, 2.75) is 24.3 Å². The average Bonchev–Trinajstić information content (AvgIpc) is 2.49. The van der Waals surface area contributed by atoms with Gasteiger partial charge in [-0.15, -0.1) is 12.4 Å². The minimum atomic E-state index is -3.64. The number of carbonyl (C=O) groups excluding carboxylic acids is 1. The zero-order chi connectivity index (χ0) is 15.5. The molecule has 0 saturated carbocycles. The third kappa shape index (κ3) is 4.42. The minimum Gasteiger partial charge on any atom is -0.465 e. The molecule has 0 aliphatic carbocycles. The lowest BCUT2D eigenvalue weighted by molar-refractivity contribution is 0.0600. The molecular weight excluding hydrogens is 328 g/mol. The van der Waals surface area contributed by atoms with E-state index < -0.39 is 16.0 Å². The molecule has 0 aromatic heterocycles. The summed E-state index contributed by atoms with van der Waals surface area (Å²) in [5.41, 5.74) is 0.221. The predicted molar refractivity (Wildman–Crippen MR) is 85.8 cm³/mol. The van der Waals surface area contributed by atoms with Crippen LogP contribution in [0.25, 0.3) is 0 Å². The lowest BCUT2D eigenvalue weighted by Gasteiger charge is -2.29. The number of hydrogen-bond donors (Lipinski definition) is 2. The second kappa shape index (κ2) is 7.92. The summed E-state index contributed by atoms with van der Waals surface area (Å²) >= 11 is 0. The van der Waals surface area contributed by atoms with Crippen LogP contribution in [0, 0.1) is 5.92 Å². The number of esters is 1. The smallest absolute Gasteiger partial charge is 0.337 e. The molecule has 6 nitrogen and oxygen atoms in total. The van der Waals surface area contributed by atoms with Gasteiger partial charge in [0.1, 0.15) is 0 Å². The number of rotatable bonds is 4. The van der Waals surface area contributed by atoms with E-state index in [1.165, 1.54) is 31.4 Å². The van der Waals surface area contributed by atoms with Gasteiger partial charge in [-0.1, -0.05) is 13.0 Å². The molecule has 0 amide bonds. The Morgan fingerprint density at radius 1 is 1.41 bits per heavy atom. The number of hydrogen-bond acceptors (Lipinski definition) is 5. The van der Waals surface area contributed by atoms with Gasteiger partial charge in [0.15, 0.2) is 0 Å². The predicted octanol–water partition coefficient (Wildman–Crippen LogP) is 1.17. The van der Waals surface area contributed by atoms with E-state index in [2.05, 4.69) is 14.8 Å². The quantitative estimate of drug-likeness (QED) is 0.798. The van der Waals surface area contributed by atoms with E-state index in [1.807, 2.05) is 6.92 Å². The number of methoxy groups -OCH3 is 1. The Labute approximate surface area is 137 Å². The summed E-state index contributed by atoms with van der Waals surface area (Å²) in [5, 5.41) is 3.23. The molecule has 1 aromatic rings. The van der Waals surface area contributed by atoms with Crippen molar-refractivity contribution in [3.63, 3.8) is 0 Å². The van der Waals surface area contributed by atoms with Gasteiger partial charge in [0.25, 0.3) is 0 Å². The maximum Gasteiger partial charge on any atom is 0.337 e. The van der Waals surface area contributed by atoms with Crippen LogP contribution in [0.1, 0.15) is 23.7 Å². The van der Waals surface area contributed by atoms with Crippen molar-refractivity contribution in [3.8, 4) is 0 Å². The first-order valence-electron chi connectivity index (χ1n) is 6.85. The number of piperidine rings is 1. The number of benzene rings is 1. The summed E-state index contributed by atoms with van der Waals surface area (Å²) in [6, 6.07) is 5.77. The highest BCUT2D eigenvalue weighted by molar-refractivity contribution is 7.89. The topological polar surface area (TPSA) is 84.5 Å². The average molecular weight is 349 g/mol. The Morgan fingerprint density at radius 3 is 2.77 bits per heavy atom. The normalized spacial score (nSPS) is 21.7. The third-order valence-corrected chi connectivity index (χ3v) is 5.14. The molecule has 0 spiro atoms. The van der Waals surface area contributed by atoms with E-state index in [-0.39, 0.29) is 34.8 Å². The van der Waals surface area contributed by atoms with Crippen LogP contribution in [0.15, 0.2) is 29.2 Å². The number of carbonyl (C=O) groups is 1. The van der Waals surface area contributed by atoms with Gasteiger partial charge in [-0.2, -0.15) is 0 Å². The maximum atomic E-state index is 12.4. The first-order chi connectivity index (χ1) is 9.94. The molecule has 0 radical (unpaired) electrons. The fourth-order valence-electron chi connectivity index (χ4n) is 2.36. The van der Waals surface area contributed by atoms with Gasteiger partial charge in [0, 0.05) is 6.04 Å². The molecule has 1 aromatic carbocycles. The second-order valence-electron chi connectivity index (χ2n) is 5.22. The lowest BCUT2D eigenvalue weighted by Crippen LogP contribution is -2.48. The summed E-state index contributed by atoms with van der Waals surface area (Å²) < 4.78 is 32.2. The number of sulfonamides is 1. The number of halogens is 1. The first kappa shape index (κ1) is 18.9. The van der Waals surface area contributed by atoms with E-state index in [4.69, 9.17) is 0 Å². The second-order valence-corrected chi connectivity index (χ2v) is 6.93. The Hall–Kier alpha value is -1.15. The third-order valence-electron chi connectivity index (χ3n) is 3.66. The first-order valence-corrected chi connectivity index (χ1v) is 8.34. The molecular formula is C14H21ClN2O4S. The van der Waals surface area contributed by atoms with E-state index in [0.29, 0.717) is 0 Å². The van der Waals surface area contributed by atoms with Crippen LogP contribution in [0.4, 0.5) is 0 Å². The van der Waals surface area contributed by atoms with E-state index in [1.54, 1.807) is 0 Å². The Bertz CT molecular complexity index is 621.